The van der Waals surface area contributed by atoms with Gasteiger partial charge >= 0.3 is 0 Å². The lowest BCUT2D eigenvalue weighted by Crippen LogP contribution is -2.43. The van der Waals surface area contributed by atoms with E-state index in [2.05, 4.69) is 105 Å². The van der Waals surface area contributed by atoms with Crippen molar-refractivity contribution in [2.45, 2.75) is 95.6 Å². The minimum absolute atomic E-state index is 0.0217. The number of rotatable bonds is 7. The van der Waals surface area contributed by atoms with E-state index in [1.807, 2.05) is 0 Å². The average Bonchev–Trinajstić information content (AvgIpc) is 2.91. The molecule has 1 fully saturated rings. The van der Waals surface area contributed by atoms with Crippen LogP contribution in [0.2, 0.25) is 0 Å². The highest BCUT2D eigenvalue weighted by Crippen LogP contribution is 2.50. The molecule has 6 rings (SSSR count). The van der Waals surface area contributed by atoms with Crippen LogP contribution in [0.5, 0.6) is 11.5 Å². The smallest absolute Gasteiger partial charge is 0.131 e. The maximum absolute atomic E-state index is 10.8. The van der Waals surface area contributed by atoms with Gasteiger partial charge in [0.15, 0.2) is 0 Å². The minimum atomic E-state index is -0.203. The fourth-order valence-electron chi connectivity index (χ4n) is 6.94. The third-order valence-corrected chi connectivity index (χ3v) is 9.08. The van der Waals surface area contributed by atoms with Crippen LogP contribution in [0.1, 0.15) is 93.9 Å². The Labute approximate surface area is 234 Å². The van der Waals surface area contributed by atoms with Crippen molar-refractivity contribution in [2.75, 3.05) is 4.90 Å². The molecule has 1 N–H and O–H groups in total. The average molecular weight is 522 g/mol. The van der Waals surface area contributed by atoms with Crippen LogP contribution in [0.25, 0.3) is 0 Å². The summed E-state index contributed by atoms with van der Waals surface area (Å²) >= 11 is 0. The highest BCUT2D eigenvalue weighted by molar-refractivity contribution is 5.67. The molecule has 3 aromatic rings. The summed E-state index contributed by atoms with van der Waals surface area (Å²) in [4.78, 5) is 2.48. The van der Waals surface area contributed by atoms with E-state index in [9.17, 15) is 5.11 Å². The molecule has 3 aliphatic rings. The first-order valence-corrected chi connectivity index (χ1v) is 15.0. The molecule has 204 valence electrons. The van der Waals surface area contributed by atoms with Crippen molar-refractivity contribution >= 4 is 5.69 Å². The number of para-hydroxylation sites is 2. The third-order valence-electron chi connectivity index (χ3n) is 9.08. The molecule has 3 nitrogen and oxygen atoms in total. The number of ether oxygens (including phenoxy) is 1. The molecule has 0 bridgehead atoms. The van der Waals surface area contributed by atoms with Crippen LogP contribution in [-0.4, -0.2) is 17.3 Å². The Bertz CT molecular complexity index is 1280. The summed E-state index contributed by atoms with van der Waals surface area (Å²) in [5, 5.41) is 10.8. The molecule has 0 aromatic heterocycles. The number of aliphatic hydroxyl groups excluding tert-OH is 1. The molecule has 2 aliphatic heterocycles. The highest BCUT2D eigenvalue weighted by Gasteiger charge is 2.39. The van der Waals surface area contributed by atoms with Gasteiger partial charge in [0, 0.05) is 28.9 Å². The number of aryl methyl sites for hydroxylation is 1. The molecule has 0 radical (unpaired) electrons. The molecule has 2 atom stereocenters. The second kappa shape index (κ2) is 10.8. The summed E-state index contributed by atoms with van der Waals surface area (Å²) in [6.07, 6.45) is 13.7. The van der Waals surface area contributed by atoms with Crippen molar-refractivity contribution in [3.63, 3.8) is 0 Å². The van der Waals surface area contributed by atoms with E-state index in [-0.39, 0.29) is 23.5 Å². The lowest BCUT2D eigenvalue weighted by molar-refractivity contribution is 0.122. The zero-order chi connectivity index (χ0) is 27.0. The van der Waals surface area contributed by atoms with Crippen LogP contribution in [0.4, 0.5) is 5.69 Å². The van der Waals surface area contributed by atoms with Crippen molar-refractivity contribution in [2.24, 2.45) is 5.92 Å². The van der Waals surface area contributed by atoms with Gasteiger partial charge in [0.2, 0.25) is 0 Å². The number of hydrogen-bond donors (Lipinski definition) is 1. The molecule has 3 aromatic carbocycles. The number of anilines is 1. The van der Waals surface area contributed by atoms with Crippen LogP contribution in [0.3, 0.4) is 0 Å². The Morgan fingerprint density at radius 1 is 0.897 bits per heavy atom. The Morgan fingerprint density at radius 3 is 2.18 bits per heavy atom. The summed E-state index contributed by atoms with van der Waals surface area (Å²) < 4.78 is 6.31. The molecule has 3 heteroatoms. The van der Waals surface area contributed by atoms with E-state index in [0.717, 1.165) is 30.8 Å². The highest BCUT2D eigenvalue weighted by atomic mass is 16.5. The van der Waals surface area contributed by atoms with Crippen molar-refractivity contribution in [3.8, 4) is 11.5 Å². The molecule has 39 heavy (non-hydrogen) atoms. The Kier molecular flexibility index (Phi) is 7.29. The van der Waals surface area contributed by atoms with Gasteiger partial charge < -0.3 is 14.7 Å². The summed E-state index contributed by atoms with van der Waals surface area (Å²) in [6, 6.07) is 24.2. The maximum Gasteiger partial charge on any atom is 0.131 e. The van der Waals surface area contributed by atoms with Gasteiger partial charge in [-0.15, -0.1) is 0 Å². The first-order chi connectivity index (χ1) is 18.9. The number of fused-ring (bicyclic) bond motifs is 2. The third kappa shape index (κ3) is 5.39. The molecule has 2 unspecified atom stereocenters. The Balaban J connectivity index is 1.27. The summed E-state index contributed by atoms with van der Waals surface area (Å²) in [5.41, 5.74) is 6.47. The Morgan fingerprint density at radius 2 is 1.56 bits per heavy atom. The number of nitrogens with zero attached hydrogens (tertiary/aromatic N) is 1. The van der Waals surface area contributed by atoms with Gasteiger partial charge in [-0.25, -0.2) is 0 Å². The quantitative estimate of drug-likeness (QED) is 0.337. The first-order valence-electron chi connectivity index (χ1n) is 15.0. The predicted molar refractivity (Wildman–Crippen MR) is 161 cm³/mol. The number of hydrogen-bond acceptors (Lipinski definition) is 3. The van der Waals surface area contributed by atoms with E-state index >= 15 is 0 Å². The molecular weight excluding hydrogens is 478 g/mol. The molecule has 1 saturated carbocycles. The predicted octanol–water partition coefficient (Wildman–Crippen LogP) is 8.89. The van der Waals surface area contributed by atoms with E-state index in [4.69, 9.17) is 4.74 Å². The second-order valence-corrected chi connectivity index (χ2v) is 12.9. The first kappa shape index (κ1) is 26.2. The van der Waals surface area contributed by atoms with Crippen LogP contribution in [0.15, 0.2) is 79.0 Å². The Hall–Kier alpha value is -3.04. The normalized spacial score (nSPS) is 20.1. The summed E-state index contributed by atoms with van der Waals surface area (Å²) in [5.74, 6) is 2.83. The van der Waals surface area contributed by atoms with E-state index in [1.54, 1.807) is 0 Å². The van der Waals surface area contributed by atoms with Gasteiger partial charge in [0.05, 0.1) is 12.1 Å². The van der Waals surface area contributed by atoms with Gasteiger partial charge in [-0.3, -0.25) is 0 Å². The lowest BCUT2D eigenvalue weighted by atomic mass is 9.78. The van der Waals surface area contributed by atoms with Gasteiger partial charge in [-0.2, -0.15) is 0 Å². The van der Waals surface area contributed by atoms with Crippen LogP contribution in [0, 0.1) is 5.92 Å². The van der Waals surface area contributed by atoms with Crippen LogP contribution < -0.4 is 9.64 Å². The van der Waals surface area contributed by atoms with Gasteiger partial charge in [0.1, 0.15) is 11.5 Å². The van der Waals surface area contributed by atoms with E-state index in [0.29, 0.717) is 5.92 Å². The SMILES string of the molecule is CC(C)(C)c1ccc(CCC(O)CC2CCCCC2)cc1N1C=CC1C1c2ccccc2Oc2ccccc21. The fraction of sp³-hybridized carbons (Fsp3) is 0.444. The lowest BCUT2D eigenvalue weighted by Gasteiger charge is -2.45. The van der Waals surface area contributed by atoms with Crippen molar-refractivity contribution < 1.29 is 9.84 Å². The van der Waals surface area contributed by atoms with Crippen LogP contribution in [-0.2, 0) is 11.8 Å². The van der Waals surface area contributed by atoms with Gasteiger partial charge in [-0.1, -0.05) is 101 Å². The van der Waals surface area contributed by atoms with Crippen LogP contribution >= 0.6 is 0 Å². The number of aliphatic hydroxyl groups is 1. The van der Waals surface area contributed by atoms with E-state index in [1.165, 1.54) is 60.0 Å². The largest absolute Gasteiger partial charge is 0.457 e. The zero-order valence-electron chi connectivity index (χ0n) is 23.8. The van der Waals surface area contributed by atoms with Crippen molar-refractivity contribution in [1.82, 2.24) is 0 Å². The second-order valence-electron chi connectivity index (χ2n) is 12.9. The van der Waals surface area contributed by atoms with Gasteiger partial charge in [-0.05, 0) is 66.0 Å². The fourth-order valence-corrected chi connectivity index (χ4v) is 6.94. The van der Waals surface area contributed by atoms with Gasteiger partial charge in [0.25, 0.3) is 0 Å². The molecule has 2 heterocycles. The molecule has 0 saturated heterocycles. The van der Waals surface area contributed by atoms with Crippen molar-refractivity contribution in [3.05, 3.63) is 101 Å². The summed E-state index contributed by atoms with van der Waals surface area (Å²) in [7, 11) is 0. The molecular formula is C36H43NO2. The maximum atomic E-state index is 10.8. The molecule has 0 spiro atoms. The number of benzene rings is 3. The van der Waals surface area contributed by atoms with Crippen molar-refractivity contribution in [1.29, 1.82) is 0 Å². The molecule has 0 amide bonds. The summed E-state index contributed by atoms with van der Waals surface area (Å²) in [6.45, 7) is 6.91. The monoisotopic (exact) mass is 521 g/mol. The van der Waals surface area contributed by atoms with E-state index < -0.39 is 0 Å². The molecule has 1 aliphatic carbocycles. The zero-order valence-corrected chi connectivity index (χ0v) is 23.8. The standard InChI is InChI=1S/C36H43NO2/c1-36(2,3)30-20-18-26(17-19-27(38)23-25-11-5-4-6-12-25)24-32(30)37-22-21-31(37)35-28-13-7-9-15-33(28)39-34-16-10-8-14-29(34)35/h7-10,13-16,18,20-22,24-25,27,31,35,38H,4-6,11-12,17,19,23H2,1-3H3. The minimum Gasteiger partial charge on any atom is -0.457 e. The topological polar surface area (TPSA) is 32.7 Å².